The minimum absolute atomic E-state index is 0.0763. The van der Waals surface area contributed by atoms with Crippen molar-refractivity contribution in [1.82, 2.24) is 0 Å². The van der Waals surface area contributed by atoms with Crippen LogP contribution in [0.5, 0.6) is 11.5 Å². The smallest absolute Gasteiger partial charge is 0.188 e. The van der Waals surface area contributed by atoms with E-state index in [1.165, 1.54) is 0 Å². The Hall–Kier alpha value is -1.51. The zero-order valence-electron chi connectivity index (χ0n) is 43.3. The molecule has 2 aromatic carbocycles. The second-order valence-electron chi connectivity index (χ2n) is 24.1. The summed E-state index contributed by atoms with van der Waals surface area (Å²) in [5.74, 6) is 1.75. The summed E-state index contributed by atoms with van der Waals surface area (Å²) in [7, 11) is -9.31. The molecule has 0 atom stereocenters. The summed E-state index contributed by atoms with van der Waals surface area (Å²) in [4.78, 5) is 44.3. The first-order valence-corrected chi connectivity index (χ1v) is 35.9. The third-order valence-electron chi connectivity index (χ3n) is 17.3. The molecule has 0 aliphatic heterocycles. The van der Waals surface area contributed by atoms with Gasteiger partial charge in [0.15, 0.2) is 33.3 Å². The van der Waals surface area contributed by atoms with Crippen LogP contribution in [0.25, 0.3) is 12.2 Å². The predicted molar refractivity (Wildman–Crippen MR) is 279 cm³/mol. The molecule has 0 aliphatic rings. The van der Waals surface area contributed by atoms with Crippen molar-refractivity contribution in [2.45, 2.75) is 219 Å². The van der Waals surface area contributed by atoms with Gasteiger partial charge in [0, 0.05) is 0 Å². The molecule has 0 aromatic heterocycles. The Labute approximate surface area is 386 Å². The third kappa shape index (κ3) is 16.7. The Balaban J connectivity index is 2.09. The molecule has 0 spiro atoms. The van der Waals surface area contributed by atoms with Crippen LogP contribution in [0.15, 0.2) is 48.5 Å². The molecule has 2 aromatic rings. The Bertz CT molecular complexity index is 1470. The van der Waals surface area contributed by atoms with Gasteiger partial charge in [-0.2, -0.15) is 0 Å². The van der Waals surface area contributed by atoms with Gasteiger partial charge in [0.25, 0.3) is 0 Å². The van der Waals surface area contributed by atoms with E-state index in [-0.39, 0.29) is 31.0 Å². The number of benzene rings is 2. The Morgan fingerprint density at radius 3 is 0.806 bits per heavy atom. The fraction of sp³-hybridized carbons (Fsp3) is 0.731. The van der Waals surface area contributed by atoms with Crippen molar-refractivity contribution >= 4 is 45.4 Å². The summed E-state index contributed by atoms with van der Waals surface area (Å²) in [5.41, 5.74) is 2.40. The van der Waals surface area contributed by atoms with Gasteiger partial charge in [-0.1, -0.05) is 118 Å². The van der Waals surface area contributed by atoms with E-state index < -0.39 is 33.3 Å². The van der Waals surface area contributed by atoms with Gasteiger partial charge in [-0.05, 0) is 183 Å². The quantitative estimate of drug-likeness (QED) is 0.0501. The average molecular weight is 930 g/mol. The van der Waals surface area contributed by atoms with Crippen LogP contribution in [0.4, 0.5) is 0 Å². The lowest BCUT2D eigenvalue weighted by Gasteiger charge is -2.43. The molecule has 0 heterocycles. The van der Waals surface area contributed by atoms with Crippen LogP contribution in [0.2, 0.25) is 72.5 Å². The minimum atomic E-state index is -2.33. The average Bonchev–Trinajstić information content (AvgIpc) is 3.15. The van der Waals surface area contributed by atoms with Crippen LogP contribution in [-0.2, 0) is 0 Å². The van der Waals surface area contributed by atoms with Gasteiger partial charge >= 0.3 is 0 Å². The van der Waals surface area contributed by atoms with Crippen molar-refractivity contribution in [2.75, 3.05) is 13.2 Å². The van der Waals surface area contributed by atoms with Crippen molar-refractivity contribution in [3.63, 3.8) is 0 Å². The van der Waals surface area contributed by atoms with E-state index in [9.17, 15) is 19.2 Å². The lowest BCUT2D eigenvalue weighted by atomic mass is 9.72. The molecule has 0 bridgehead atoms. The van der Waals surface area contributed by atoms with E-state index in [4.69, 9.17) is 9.47 Å². The number of rotatable bonds is 28. The molecule has 2 rings (SSSR count). The first-order chi connectivity index (χ1) is 28.1. The molecule has 4 N–H and O–H groups in total. The molecule has 0 fully saturated rings. The van der Waals surface area contributed by atoms with Crippen molar-refractivity contribution in [3.05, 3.63) is 59.7 Å². The molecule has 0 amide bonds. The zero-order valence-corrected chi connectivity index (χ0v) is 47.3. The van der Waals surface area contributed by atoms with E-state index in [1.54, 1.807) is 0 Å². The Morgan fingerprint density at radius 1 is 0.387 bits per heavy atom. The van der Waals surface area contributed by atoms with Gasteiger partial charge in [0.1, 0.15) is 11.5 Å². The van der Waals surface area contributed by atoms with Crippen LogP contribution in [0, 0.1) is 10.8 Å². The van der Waals surface area contributed by atoms with Gasteiger partial charge in [0.05, 0.1) is 13.2 Å². The summed E-state index contributed by atoms with van der Waals surface area (Å²) >= 11 is 0. The minimum Gasteiger partial charge on any atom is -0.494 e. The molecular formula is C52H96O6Si4. The van der Waals surface area contributed by atoms with E-state index in [1.807, 2.05) is 0 Å². The topological polar surface area (TPSA) is 99.4 Å². The highest BCUT2D eigenvalue weighted by atomic mass is 28.4. The fourth-order valence-corrected chi connectivity index (χ4v) is 10.6. The van der Waals surface area contributed by atoms with Gasteiger partial charge in [0.2, 0.25) is 0 Å². The van der Waals surface area contributed by atoms with Gasteiger partial charge < -0.3 is 28.7 Å². The van der Waals surface area contributed by atoms with Crippen LogP contribution < -0.4 is 9.47 Å². The molecule has 0 unspecified atom stereocenters. The fourth-order valence-electron chi connectivity index (χ4n) is 7.66. The van der Waals surface area contributed by atoms with Crippen molar-refractivity contribution < 1.29 is 28.7 Å². The van der Waals surface area contributed by atoms with Crippen molar-refractivity contribution in [2.24, 2.45) is 10.8 Å². The number of ether oxygens (including phenoxy) is 2. The molecule has 10 heteroatoms. The second kappa shape index (κ2) is 21.9. The van der Waals surface area contributed by atoms with Crippen molar-refractivity contribution in [1.29, 1.82) is 0 Å². The molecule has 6 nitrogen and oxygen atoms in total. The predicted octanol–water partition coefficient (Wildman–Crippen LogP) is 15.2. The summed E-state index contributed by atoms with van der Waals surface area (Å²) in [6.45, 7) is 40.3. The van der Waals surface area contributed by atoms with Crippen LogP contribution in [0.1, 0.15) is 157 Å². The summed E-state index contributed by atoms with van der Waals surface area (Å²) in [5, 5.41) is -0.305. The maximum absolute atomic E-state index is 11.1. The maximum atomic E-state index is 11.1. The van der Waals surface area contributed by atoms with E-state index in [0.29, 0.717) is 13.2 Å². The molecule has 0 radical (unpaired) electrons. The highest BCUT2D eigenvalue weighted by molar-refractivity contribution is 6.74. The summed E-state index contributed by atoms with van der Waals surface area (Å²) in [6.07, 6.45) is 16.4. The Morgan fingerprint density at radius 2 is 0.613 bits per heavy atom. The maximum Gasteiger partial charge on any atom is 0.188 e. The third-order valence-corrected chi connectivity index (χ3v) is 31.5. The lowest BCUT2D eigenvalue weighted by molar-refractivity contribution is 0.142. The normalized spacial score (nSPS) is 14.5. The second-order valence-corrected chi connectivity index (χ2v) is 42.0. The molecular weight excluding hydrogens is 833 g/mol. The summed E-state index contributed by atoms with van der Waals surface area (Å²) < 4.78 is 12.8. The lowest BCUT2D eigenvalue weighted by Crippen LogP contribution is -2.41. The van der Waals surface area contributed by atoms with Gasteiger partial charge in [-0.25, -0.2) is 0 Å². The molecule has 62 heavy (non-hydrogen) atoms. The standard InChI is InChI=1S/C52H96O6Si4/c1-19-51(35-31-47(3,4)59(11,12)53,36-32-48(5,6)60(13,14)54)39-41-57-45-27-23-43(24-28-45)21-22-44-25-29-46(30-26-44)58-42-40-52(20-2,37-33-49(7,8)61(15,16)55)38-34-50(9,10)62(17,18)56/h21-30,53-56H,19-20,31-42H2,1-18H3/b22-21+. The first kappa shape index (κ1) is 56.6. The first-order valence-electron chi connectivity index (χ1n) is 24.1. The number of hydrogen-bond acceptors (Lipinski definition) is 6. The highest BCUT2D eigenvalue weighted by Gasteiger charge is 2.45. The molecule has 0 aliphatic carbocycles. The molecule has 356 valence electrons. The largest absolute Gasteiger partial charge is 0.494 e. The van der Waals surface area contributed by atoms with Crippen LogP contribution in [-0.4, -0.2) is 65.7 Å². The van der Waals surface area contributed by atoms with Crippen molar-refractivity contribution in [3.8, 4) is 11.5 Å². The van der Waals surface area contributed by atoms with Gasteiger partial charge in [-0.15, -0.1) is 0 Å². The SMILES string of the molecule is CCC(CCOc1ccc(/C=C/c2ccc(OCCC(CC)(CCC(C)(C)[Si](C)(C)O)CCC(C)(C)[Si](C)(C)O)cc2)cc1)(CCC(C)(C)[Si](C)(C)O)CCC(C)(C)[Si](C)(C)O. The van der Waals surface area contributed by atoms with Crippen LogP contribution in [0.3, 0.4) is 0 Å². The highest BCUT2D eigenvalue weighted by Crippen LogP contribution is 2.52. The van der Waals surface area contributed by atoms with E-state index in [0.717, 1.165) is 99.7 Å². The monoisotopic (exact) mass is 929 g/mol. The van der Waals surface area contributed by atoms with E-state index >= 15 is 0 Å². The van der Waals surface area contributed by atoms with Crippen LogP contribution >= 0.6 is 0 Å². The Kier molecular flexibility index (Phi) is 20.0. The van der Waals surface area contributed by atoms with E-state index in [2.05, 4.69) is 182 Å². The van der Waals surface area contributed by atoms with Gasteiger partial charge in [-0.3, -0.25) is 0 Å². The summed E-state index contributed by atoms with van der Waals surface area (Å²) in [6, 6.07) is 16.7. The molecule has 0 saturated heterocycles. The number of hydrogen-bond donors (Lipinski definition) is 4. The zero-order chi connectivity index (χ0) is 47.7. The molecule has 0 saturated carbocycles.